The highest BCUT2D eigenvalue weighted by Gasteiger charge is 1.86. The van der Waals surface area contributed by atoms with Crippen molar-refractivity contribution in [3.05, 3.63) is 12.3 Å². The third kappa shape index (κ3) is 9.50. The molecule has 0 amide bonds. The van der Waals surface area contributed by atoms with Crippen molar-refractivity contribution in [1.82, 2.24) is 10.6 Å². The molecule has 2 nitrogen and oxygen atoms in total. The number of hydrogen-bond donors (Lipinski definition) is 2. The van der Waals surface area contributed by atoms with E-state index in [1.54, 1.807) is 0 Å². The largest absolute Gasteiger partial charge is 0.391 e. The zero-order chi connectivity index (χ0) is 8.53. The van der Waals surface area contributed by atoms with Gasteiger partial charge >= 0.3 is 0 Å². The maximum atomic E-state index is 3.22. The van der Waals surface area contributed by atoms with E-state index in [1.165, 1.54) is 0 Å². The third-order valence-corrected chi connectivity index (χ3v) is 1.27. The Hall–Kier alpha value is -0.500. The van der Waals surface area contributed by atoms with Crippen molar-refractivity contribution in [3.63, 3.8) is 0 Å². The summed E-state index contributed by atoms with van der Waals surface area (Å²) in [7, 11) is 0. The molecular formula is C9H20N2. The highest BCUT2D eigenvalue weighted by atomic mass is 14.9. The van der Waals surface area contributed by atoms with Crippen LogP contribution >= 0.6 is 0 Å². The molecule has 0 bridgehead atoms. The summed E-state index contributed by atoms with van der Waals surface area (Å²) in [5.41, 5.74) is 0. The molecule has 0 saturated heterocycles. The van der Waals surface area contributed by atoms with Crippen LogP contribution in [0.1, 0.15) is 20.8 Å². The van der Waals surface area contributed by atoms with E-state index in [0.717, 1.165) is 25.6 Å². The Bertz CT molecular complexity index is 97.7. The van der Waals surface area contributed by atoms with Crippen LogP contribution in [0.15, 0.2) is 12.3 Å². The summed E-state index contributed by atoms with van der Waals surface area (Å²) in [4.78, 5) is 0. The van der Waals surface area contributed by atoms with Gasteiger partial charge in [0.2, 0.25) is 0 Å². The standard InChI is InChI=1S/C9H20N2/c1-4-10-6-5-7-11-8-9(2)3/h5,7,9-11H,4,6,8H2,1-3H3/b7-5-. The van der Waals surface area contributed by atoms with E-state index in [9.17, 15) is 0 Å². The van der Waals surface area contributed by atoms with Gasteiger partial charge < -0.3 is 10.6 Å². The van der Waals surface area contributed by atoms with Crippen LogP contribution in [0.4, 0.5) is 0 Å². The Morgan fingerprint density at radius 3 is 2.64 bits per heavy atom. The van der Waals surface area contributed by atoms with Crippen LogP contribution in [0, 0.1) is 5.92 Å². The van der Waals surface area contributed by atoms with E-state index in [2.05, 4.69) is 37.5 Å². The molecule has 0 aliphatic rings. The van der Waals surface area contributed by atoms with E-state index in [0.29, 0.717) is 0 Å². The summed E-state index contributed by atoms with van der Waals surface area (Å²) in [6, 6.07) is 0. The number of nitrogens with one attached hydrogen (secondary N) is 2. The summed E-state index contributed by atoms with van der Waals surface area (Å²) in [6.07, 6.45) is 4.12. The Kier molecular flexibility index (Phi) is 7.26. The van der Waals surface area contributed by atoms with Crippen LogP contribution in [0.2, 0.25) is 0 Å². The zero-order valence-electron chi connectivity index (χ0n) is 7.85. The van der Waals surface area contributed by atoms with Crippen molar-refractivity contribution in [3.8, 4) is 0 Å². The summed E-state index contributed by atoms with van der Waals surface area (Å²) < 4.78 is 0. The van der Waals surface area contributed by atoms with Crippen molar-refractivity contribution in [2.75, 3.05) is 19.6 Å². The van der Waals surface area contributed by atoms with E-state index in [1.807, 2.05) is 6.20 Å². The lowest BCUT2D eigenvalue weighted by atomic mass is 10.2. The normalized spacial score (nSPS) is 11.3. The zero-order valence-corrected chi connectivity index (χ0v) is 7.85. The number of hydrogen-bond acceptors (Lipinski definition) is 2. The molecular weight excluding hydrogens is 136 g/mol. The predicted octanol–water partition coefficient (Wildman–Crippen LogP) is 1.36. The monoisotopic (exact) mass is 156 g/mol. The molecule has 0 aliphatic heterocycles. The first-order chi connectivity index (χ1) is 5.27. The van der Waals surface area contributed by atoms with Crippen LogP contribution in [-0.4, -0.2) is 19.6 Å². The minimum Gasteiger partial charge on any atom is -0.391 e. The van der Waals surface area contributed by atoms with Gasteiger partial charge in [0.05, 0.1) is 0 Å². The maximum absolute atomic E-state index is 3.22. The maximum Gasteiger partial charge on any atom is 0.0164 e. The molecule has 66 valence electrons. The Morgan fingerprint density at radius 1 is 1.36 bits per heavy atom. The Morgan fingerprint density at radius 2 is 2.09 bits per heavy atom. The van der Waals surface area contributed by atoms with Crippen molar-refractivity contribution >= 4 is 0 Å². The lowest BCUT2D eigenvalue weighted by Gasteiger charge is -2.02. The van der Waals surface area contributed by atoms with Crippen LogP contribution in [-0.2, 0) is 0 Å². The summed E-state index contributed by atoms with van der Waals surface area (Å²) in [5, 5.41) is 6.43. The highest BCUT2D eigenvalue weighted by molar-refractivity contribution is 4.81. The first-order valence-electron chi connectivity index (χ1n) is 4.36. The Labute approximate surface area is 70.1 Å². The van der Waals surface area contributed by atoms with Crippen molar-refractivity contribution in [2.45, 2.75) is 20.8 Å². The molecule has 0 aliphatic carbocycles. The van der Waals surface area contributed by atoms with Gasteiger partial charge in [0, 0.05) is 13.1 Å². The molecule has 0 atom stereocenters. The average Bonchev–Trinajstić information content (AvgIpc) is 1.96. The quantitative estimate of drug-likeness (QED) is 0.567. The highest BCUT2D eigenvalue weighted by Crippen LogP contribution is 1.85. The fourth-order valence-corrected chi connectivity index (χ4v) is 0.674. The van der Waals surface area contributed by atoms with Gasteiger partial charge in [-0.05, 0) is 18.7 Å². The summed E-state index contributed by atoms with van der Waals surface area (Å²) >= 11 is 0. The number of likely N-dealkylation sites (N-methyl/N-ethyl adjacent to an activating group) is 1. The molecule has 0 rings (SSSR count). The Balaban J connectivity index is 3.03. The van der Waals surface area contributed by atoms with Gasteiger partial charge in [-0.15, -0.1) is 0 Å². The molecule has 0 aromatic carbocycles. The predicted molar refractivity (Wildman–Crippen MR) is 50.5 cm³/mol. The lowest BCUT2D eigenvalue weighted by Crippen LogP contribution is -2.15. The minimum atomic E-state index is 0.721. The van der Waals surface area contributed by atoms with Gasteiger partial charge in [0.15, 0.2) is 0 Å². The van der Waals surface area contributed by atoms with E-state index in [4.69, 9.17) is 0 Å². The lowest BCUT2D eigenvalue weighted by molar-refractivity contribution is 0.610. The van der Waals surface area contributed by atoms with Gasteiger partial charge in [-0.3, -0.25) is 0 Å². The van der Waals surface area contributed by atoms with Gasteiger partial charge in [-0.1, -0.05) is 26.8 Å². The molecule has 0 spiro atoms. The topological polar surface area (TPSA) is 24.1 Å². The van der Waals surface area contributed by atoms with Gasteiger partial charge in [0.25, 0.3) is 0 Å². The van der Waals surface area contributed by atoms with E-state index < -0.39 is 0 Å². The van der Waals surface area contributed by atoms with Gasteiger partial charge in [-0.2, -0.15) is 0 Å². The summed E-state index contributed by atoms with van der Waals surface area (Å²) in [5.74, 6) is 0.721. The molecule has 2 heteroatoms. The van der Waals surface area contributed by atoms with E-state index in [-0.39, 0.29) is 0 Å². The second-order valence-electron chi connectivity index (χ2n) is 3.01. The molecule has 0 unspecified atom stereocenters. The van der Waals surface area contributed by atoms with Crippen LogP contribution < -0.4 is 10.6 Å². The third-order valence-electron chi connectivity index (χ3n) is 1.27. The fourth-order valence-electron chi connectivity index (χ4n) is 0.674. The number of rotatable bonds is 6. The molecule has 0 radical (unpaired) electrons. The molecule has 0 heterocycles. The fraction of sp³-hybridized carbons (Fsp3) is 0.778. The van der Waals surface area contributed by atoms with Crippen molar-refractivity contribution in [2.24, 2.45) is 5.92 Å². The first-order valence-corrected chi connectivity index (χ1v) is 4.36. The minimum absolute atomic E-state index is 0.721. The summed E-state index contributed by atoms with van der Waals surface area (Å²) in [6.45, 7) is 9.56. The van der Waals surface area contributed by atoms with Gasteiger partial charge in [0.1, 0.15) is 0 Å². The van der Waals surface area contributed by atoms with Crippen molar-refractivity contribution < 1.29 is 0 Å². The second-order valence-corrected chi connectivity index (χ2v) is 3.01. The molecule has 0 saturated carbocycles. The molecule has 11 heavy (non-hydrogen) atoms. The average molecular weight is 156 g/mol. The first kappa shape index (κ1) is 10.5. The van der Waals surface area contributed by atoms with Gasteiger partial charge in [-0.25, -0.2) is 0 Å². The van der Waals surface area contributed by atoms with Crippen LogP contribution in [0.5, 0.6) is 0 Å². The van der Waals surface area contributed by atoms with Crippen molar-refractivity contribution in [1.29, 1.82) is 0 Å². The van der Waals surface area contributed by atoms with E-state index >= 15 is 0 Å². The smallest absolute Gasteiger partial charge is 0.0164 e. The SMILES string of the molecule is CCNC/C=C\NCC(C)C. The second kappa shape index (κ2) is 7.61. The van der Waals surface area contributed by atoms with Crippen LogP contribution in [0.3, 0.4) is 0 Å². The molecule has 0 fully saturated rings. The molecule has 0 aromatic heterocycles. The molecule has 2 N–H and O–H groups in total. The molecule has 0 aromatic rings. The van der Waals surface area contributed by atoms with Crippen LogP contribution in [0.25, 0.3) is 0 Å².